The SMILES string of the molecule is c1ccc(CCN2C[C@@H]3[C@H](COCCCN4CCCCC4)[C@@H]3C2)cc1. The molecule has 25 heavy (non-hydrogen) atoms. The van der Waals surface area contributed by atoms with Crippen LogP contribution in [0.5, 0.6) is 0 Å². The molecule has 0 N–H and O–H groups in total. The topological polar surface area (TPSA) is 15.7 Å². The van der Waals surface area contributed by atoms with E-state index in [0.29, 0.717) is 0 Å². The molecule has 3 fully saturated rings. The molecule has 0 unspecified atom stereocenters. The molecule has 138 valence electrons. The normalized spacial score (nSPS) is 29.7. The number of rotatable bonds is 9. The van der Waals surface area contributed by atoms with E-state index in [1.54, 1.807) is 0 Å². The summed E-state index contributed by atoms with van der Waals surface area (Å²) in [4.78, 5) is 5.28. The van der Waals surface area contributed by atoms with Crippen molar-refractivity contribution in [3.05, 3.63) is 35.9 Å². The summed E-state index contributed by atoms with van der Waals surface area (Å²) < 4.78 is 6.00. The van der Waals surface area contributed by atoms with E-state index in [2.05, 4.69) is 40.1 Å². The number of nitrogens with zero attached hydrogens (tertiary/aromatic N) is 2. The number of ether oxygens (including phenoxy) is 1. The van der Waals surface area contributed by atoms with Crippen LogP contribution in [0.1, 0.15) is 31.2 Å². The highest BCUT2D eigenvalue weighted by molar-refractivity contribution is 5.15. The zero-order chi connectivity index (χ0) is 16.9. The Bertz CT molecular complexity index is 502. The van der Waals surface area contributed by atoms with E-state index in [-0.39, 0.29) is 0 Å². The van der Waals surface area contributed by atoms with E-state index in [1.807, 2.05) is 0 Å². The van der Waals surface area contributed by atoms with Crippen molar-refractivity contribution in [2.24, 2.45) is 17.8 Å². The first-order valence-electron chi connectivity index (χ1n) is 10.5. The molecular weight excluding hydrogens is 308 g/mol. The Balaban J connectivity index is 1.04. The molecule has 2 aliphatic heterocycles. The van der Waals surface area contributed by atoms with Gasteiger partial charge < -0.3 is 14.5 Å². The molecule has 3 nitrogen and oxygen atoms in total. The maximum atomic E-state index is 6.00. The fraction of sp³-hybridized carbons (Fsp3) is 0.727. The maximum absolute atomic E-state index is 6.00. The van der Waals surface area contributed by atoms with Gasteiger partial charge in [-0.05, 0) is 62.1 Å². The molecule has 1 aromatic carbocycles. The predicted octanol–water partition coefficient (Wildman–Crippen LogP) is 3.30. The second-order valence-corrected chi connectivity index (χ2v) is 8.32. The van der Waals surface area contributed by atoms with E-state index in [9.17, 15) is 0 Å². The third-order valence-corrected chi connectivity index (χ3v) is 6.53. The first-order chi connectivity index (χ1) is 12.4. The number of fused-ring (bicyclic) bond motifs is 1. The molecule has 1 aliphatic carbocycles. The van der Waals surface area contributed by atoms with Crippen LogP contribution in [-0.4, -0.2) is 62.3 Å². The van der Waals surface area contributed by atoms with E-state index >= 15 is 0 Å². The van der Waals surface area contributed by atoms with Crippen molar-refractivity contribution in [1.82, 2.24) is 9.80 Å². The van der Waals surface area contributed by atoms with Crippen LogP contribution in [0.4, 0.5) is 0 Å². The highest BCUT2D eigenvalue weighted by atomic mass is 16.5. The van der Waals surface area contributed by atoms with Gasteiger partial charge in [-0.25, -0.2) is 0 Å². The lowest BCUT2D eigenvalue weighted by Gasteiger charge is -2.26. The largest absolute Gasteiger partial charge is 0.381 e. The van der Waals surface area contributed by atoms with Gasteiger partial charge >= 0.3 is 0 Å². The molecule has 1 aromatic rings. The monoisotopic (exact) mass is 342 g/mol. The number of benzene rings is 1. The lowest BCUT2D eigenvalue weighted by Crippen LogP contribution is -2.31. The van der Waals surface area contributed by atoms with E-state index in [4.69, 9.17) is 4.74 Å². The fourth-order valence-electron chi connectivity index (χ4n) is 4.89. The van der Waals surface area contributed by atoms with Gasteiger partial charge in [-0.2, -0.15) is 0 Å². The van der Waals surface area contributed by atoms with Gasteiger partial charge in [0.25, 0.3) is 0 Å². The Morgan fingerprint density at radius 3 is 2.40 bits per heavy atom. The molecule has 0 amide bonds. The van der Waals surface area contributed by atoms with Crippen molar-refractivity contribution in [3.8, 4) is 0 Å². The summed E-state index contributed by atoms with van der Waals surface area (Å²) in [6.07, 6.45) is 6.63. The molecule has 3 atom stereocenters. The zero-order valence-electron chi connectivity index (χ0n) is 15.6. The fourth-order valence-corrected chi connectivity index (χ4v) is 4.89. The molecule has 2 heterocycles. The first kappa shape index (κ1) is 17.5. The minimum absolute atomic E-state index is 0.864. The standard InChI is InChI=1S/C22H34N2O/c1-3-8-19(9-4-1)10-14-24-16-20-21(17-24)22(20)18-25-15-7-13-23-11-5-2-6-12-23/h1,3-4,8-9,20-22H,2,5-7,10-18H2/t20-,21+,22-. The summed E-state index contributed by atoms with van der Waals surface area (Å²) >= 11 is 0. The minimum Gasteiger partial charge on any atom is -0.381 e. The minimum atomic E-state index is 0.864. The van der Waals surface area contributed by atoms with E-state index in [1.165, 1.54) is 76.9 Å². The highest BCUT2D eigenvalue weighted by Gasteiger charge is 2.55. The Hall–Kier alpha value is -0.900. The van der Waals surface area contributed by atoms with Crippen molar-refractivity contribution in [3.63, 3.8) is 0 Å². The molecule has 0 bridgehead atoms. The Labute approximate surface area is 153 Å². The van der Waals surface area contributed by atoms with Gasteiger partial charge in [0.2, 0.25) is 0 Å². The Kier molecular flexibility index (Phi) is 6.06. The maximum Gasteiger partial charge on any atom is 0.0500 e. The summed E-state index contributed by atoms with van der Waals surface area (Å²) in [5, 5.41) is 0. The van der Waals surface area contributed by atoms with Crippen LogP contribution in [0.2, 0.25) is 0 Å². The first-order valence-corrected chi connectivity index (χ1v) is 10.5. The molecule has 4 rings (SSSR count). The van der Waals surface area contributed by atoms with Gasteiger partial charge in [-0.15, -0.1) is 0 Å². The Morgan fingerprint density at radius 1 is 0.880 bits per heavy atom. The van der Waals surface area contributed by atoms with Crippen LogP contribution >= 0.6 is 0 Å². The van der Waals surface area contributed by atoms with Crippen molar-refractivity contribution in [2.75, 3.05) is 52.5 Å². The summed E-state index contributed by atoms with van der Waals surface area (Å²) in [5.41, 5.74) is 1.47. The van der Waals surface area contributed by atoms with Crippen LogP contribution in [0.3, 0.4) is 0 Å². The quantitative estimate of drug-likeness (QED) is 0.641. The van der Waals surface area contributed by atoms with Crippen LogP contribution in [0.15, 0.2) is 30.3 Å². The molecule has 3 heteroatoms. The second kappa shape index (κ2) is 8.66. The number of hydrogen-bond acceptors (Lipinski definition) is 3. The molecule has 0 radical (unpaired) electrons. The molecule has 2 saturated heterocycles. The van der Waals surface area contributed by atoms with Crippen LogP contribution < -0.4 is 0 Å². The second-order valence-electron chi connectivity index (χ2n) is 8.32. The smallest absolute Gasteiger partial charge is 0.0500 e. The van der Waals surface area contributed by atoms with Crippen molar-refractivity contribution < 1.29 is 4.74 Å². The average Bonchev–Trinajstić information content (AvgIpc) is 3.12. The number of hydrogen-bond donors (Lipinski definition) is 0. The highest BCUT2D eigenvalue weighted by Crippen LogP contribution is 2.51. The average molecular weight is 343 g/mol. The molecule has 0 aromatic heterocycles. The van der Waals surface area contributed by atoms with E-state index < -0.39 is 0 Å². The van der Waals surface area contributed by atoms with Crippen LogP contribution in [0.25, 0.3) is 0 Å². The van der Waals surface area contributed by atoms with Crippen LogP contribution in [-0.2, 0) is 11.2 Å². The number of piperidine rings is 2. The molecule has 3 aliphatic rings. The summed E-state index contributed by atoms with van der Waals surface area (Å²) in [7, 11) is 0. The van der Waals surface area contributed by atoms with Gasteiger partial charge in [0, 0.05) is 32.8 Å². The van der Waals surface area contributed by atoms with Gasteiger partial charge in [-0.1, -0.05) is 36.8 Å². The molecule has 0 spiro atoms. The zero-order valence-corrected chi connectivity index (χ0v) is 15.6. The third kappa shape index (κ3) is 4.84. The van der Waals surface area contributed by atoms with E-state index in [0.717, 1.165) is 31.0 Å². The lowest BCUT2D eigenvalue weighted by molar-refractivity contribution is 0.0972. The Morgan fingerprint density at radius 2 is 1.64 bits per heavy atom. The van der Waals surface area contributed by atoms with Gasteiger partial charge in [0.05, 0.1) is 6.61 Å². The van der Waals surface area contributed by atoms with Crippen molar-refractivity contribution in [1.29, 1.82) is 0 Å². The lowest BCUT2D eigenvalue weighted by atomic mass is 10.1. The molecule has 1 saturated carbocycles. The number of likely N-dealkylation sites (tertiary alicyclic amines) is 2. The van der Waals surface area contributed by atoms with Crippen molar-refractivity contribution in [2.45, 2.75) is 32.1 Å². The van der Waals surface area contributed by atoms with Gasteiger partial charge in [0.1, 0.15) is 0 Å². The van der Waals surface area contributed by atoms with Crippen molar-refractivity contribution >= 4 is 0 Å². The van der Waals surface area contributed by atoms with Gasteiger partial charge in [0.15, 0.2) is 0 Å². The van der Waals surface area contributed by atoms with Crippen LogP contribution in [0, 0.1) is 17.8 Å². The summed E-state index contributed by atoms with van der Waals surface area (Å²) in [6.45, 7) is 9.67. The predicted molar refractivity (Wildman–Crippen MR) is 103 cm³/mol. The molecular formula is C22H34N2O. The third-order valence-electron chi connectivity index (χ3n) is 6.53. The van der Waals surface area contributed by atoms with Gasteiger partial charge in [-0.3, -0.25) is 0 Å². The summed E-state index contributed by atoms with van der Waals surface area (Å²) in [5.74, 6) is 2.72. The summed E-state index contributed by atoms with van der Waals surface area (Å²) in [6, 6.07) is 10.9.